The molecule has 1 aromatic carbocycles. The number of benzene rings is 1. The first-order chi connectivity index (χ1) is 10.9. The summed E-state index contributed by atoms with van der Waals surface area (Å²) in [4.78, 5) is 32.7. The van der Waals surface area contributed by atoms with Crippen LogP contribution in [-0.4, -0.2) is 34.5 Å². The fraction of sp³-hybridized carbons (Fsp3) is 0.294. The van der Waals surface area contributed by atoms with Crippen molar-refractivity contribution < 1.29 is 14.3 Å². The van der Waals surface area contributed by atoms with Gasteiger partial charge in [-0.3, -0.25) is 4.79 Å². The van der Waals surface area contributed by atoms with E-state index in [1.165, 1.54) is 6.92 Å². The van der Waals surface area contributed by atoms with Crippen molar-refractivity contribution in [2.75, 3.05) is 6.54 Å². The Labute approximate surface area is 134 Å². The summed E-state index contributed by atoms with van der Waals surface area (Å²) in [6.07, 6.45) is 0.669. The zero-order valence-corrected chi connectivity index (χ0v) is 13.4. The molecule has 0 saturated heterocycles. The van der Waals surface area contributed by atoms with Gasteiger partial charge in [0.1, 0.15) is 0 Å². The maximum absolute atomic E-state index is 12.2. The van der Waals surface area contributed by atoms with Crippen LogP contribution in [-0.2, 0) is 9.53 Å². The Morgan fingerprint density at radius 2 is 1.91 bits per heavy atom. The Morgan fingerprint density at radius 3 is 2.57 bits per heavy atom. The minimum Gasteiger partial charge on any atom is -0.449 e. The molecule has 1 aromatic heterocycles. The number of carbonyl (C=O) groups is 2. The number of fused-ring (bicyclic) bond motifs is 1. The zero-order valence-electron chi connectivity index (χ0n) is 13.4. The van der Waals surface area contributed by atoms with Crippen LogP contribution in [0.4, 0.5) is 0 Å². The second-order valence-corrected chi connectivity index (χ2v) is 5.18. The lowest BCUT2D eigenvalue weighted by Crippen LogP contribution is -2.35. The Morgan fingerprint density at radius 1 is 1.26 bits per heavy atom. The molecular weight excluding hydrogens is 294 g/mol. The number of amides is 1. The van der Waals surface area contributed by atoms with E-state index in [1.807, 2.05) is 13.8 Å². The van der Waals surface area contributed by atoms with E-state index < -0.39 is 12.1 Å². The predicted molar refractivity (Wildman–Crippen MR) is 87.1 cm³/mol. The molecule has 6 nitrogen and oxygen atoms in total. The van der Waals surface area contributed by atoms with Gasteiger partial charge in [-0.05, 0) is 39.0 Å². The fourth-order valence-electron chi connectivity index (χ4n) is 1.96. The van der Waals surface area contributed by atoms with E-state index >= 15 is 0 Å². The highest BCUT2D eigenvalue weighted by Crippen LogP contribution is 2.15. The molecule has 1 amide bonds. The lowest BCUT2D eigenvalue weighted by molar-refractivity contribution is -0.128. The summed E-state index contributed by atoms with van der Waals surface area (Å²) in [7, 11) is 0. The molecule has 0 saturated carbocycles. The van der Waals surface area contributed by atoms with Crippen LogP contribution in [0.25, 0.3) is 11.0 Å². The number of hydrogen-bond acceptors (Lipinski definition) is 5. The van der Waals surface area contributed by atoms with Gasteiger partial charge < -0.3 is 10.1 Å². The SMILES string of the molecule is C=CCNC(=O)[C@@H](C)OC(=O)c1ccc2nc(C)c(C)nc2c1. The van der Waals surface area contributed by atoms with Crippen LogP contribution in [0.5, 0.6) is 0 Å². The van der Waals surface area contributed by atoms with Gasteiger partial charge in [-0.25, -0.2) is 14.8 Å². The summed E-state index contributed by atoms with van der Waals surface area (Å²) in [6, 6.07) is 4.95. The van der Waals surface area contributed by atoms with E-state index in [9.17, 15) is 9.59 Å². The van der Waals surface area contributed by atoms with Crippen LogP contribution in [0, 0.1) is 13.8 Å². The fourth-order valence-corrected chi connectivity index (χ4v) is 1.96. The molecule has 23 heavy (non-hydrogen) atoms. The summed E-state index contributed by atoms with van der Waals surface area (Å²) in [5.41, 5.74) is 3.31. The molecule has 0 bridgehead atoms. The number of aryl methyl sites for hydroxylation is 2. The lowest BCUT2D eigenvalue weighted by Gasteiger charge is -2.13. The van der Waals surface area contributed by atoms with Crippen molar-refractivity contribution in [3.8, 4) is 0 Å². The van der Waals surface area contributed by atoms with E-state index in [0.29, 0.717) is 23.1 Å². The number of ether oxygens (including phenoxy) is 1. The molecule has 0 unspecified atom stereocenters. The lowest BCUT2D eigenvalue weighted by atomic mass is 10.2. The highest BCUT2D eigenvalue weighted by Gasteiger charge is 2.18. The van der Waals surface area contributed by atoms with Gasteiger partial charge in [0, 0.05) is 6.54 Å². The minimum absolute atomic E-state index is 0.324. The molecule has 0 fully saturated rings. The molecule has 0 radical (unpaired) electrons. The van der Waals surface area contributed by atoms with E-state index in [4.69, 9.17) is 4.74 Å². The molecule has 2 rings (SSSR count). The van der Waals surface area contributed by atoms with Crippen LogP contribution < -0.4 is 5.32 Å². The Kier molecular flexibility index (Phi) is 5.05. The molecule has 0 spiro atoms. The summed E-state index contributed by atoms with van der Waals surface area (Å²) < 4.78 is 5.16. The second-order valence-electron chi connectivity index (χ2n) is 5.18. The summed E-state index contributed by atoms with van der Waals surface area (Å²) in [6.45, 7) is 9.09. The van der Waals surface area contributed by atoms with Crippen molar-refractivity contribution in [2.24, 2.45) is 0 Å². The van der Waals surface area contributed by atoms with Crippen molar-refractivity contribution >= 4 is 22.9 Å². The topological polar surface area (TPSA) is 81.2 Å². The summed E-state index contributed by atoms with van der Waals surface area (Å²) >= 11 is 0. The van der Waals surface area contributed by atoms with Gasteiger partial charge in [0.15, 0.2) is 6.10 Å². The summed E-state index contributed by atoms with van der Waals surface area (Å²) in [5.74, 6) is -0.946. The van der Waals surface area contributed by atoms with Crippen LogP contribution in [0.3, 0.4) is 0 Å². The number of hydrogen-bond donors (Lipinski definition) is 1. The number of aromatic nitrogens is 2. The second kappa shape index (κ2) is 7.00. The maximum atomic E-state index is 12.2. The normalized spacial score (nSPS) is 11.8. The number of esters is 1. The van der Waals surface area contributed by atoms with Gasteiger partial charge >= 0.3 is 5.97 Å². The molecule has 0 aliphatic carbocycles. The Balaban J connectivity index is 2.16. The molecule has 1 heterocycles. The first kappa shape index (κ1) is 16.6. The third-order valence-electron chi connectivity index (χ3n) is 3.38. The maximum Gasteiger partial charge on any atom is 0.338 e. The van der Waals surface area contributed by atoms with Crippen LogP contribution in [0.1, 0.15) is 28.7 Å². The standard InChI is InChI=1S/C17H19N3O3/c1-5-8-18-16(21)12(4)23-17(22)13-6-7-14-15(9-13)20-11(3)10(2)19-14/h5-7,9,12H,1,8H2,2-4H3,(H,18,21)/t12-/m1/s1. The molecule has 2 aromatic rings. The van der Waals surface area contributed by atoms with E-state index in [-0.39, 0.29) is 5.91 Å². The van der Waals surface area contributed by atoms with Gasteiger partial charge in [0.25, 0.3) is 5.91 Å². The smallest absolute Gasteiger partial charge is 0.338 e. The monoisotopic (exact) mass is 313 g/mol. The first-order valence-corrected chi connectivity index (χ1v) is 7.27. The van der Waals surface area contributed by atoms with Crippen molar-refractivity contribution in [3.05, 3.63) is 47.8 Å². The van der Waals surface area contributed by atoms with Crippen LogP contribution >= 0.6 is 0 Å². The summed E-state index contributed by atoms with van der Waals surface area (Å²) in [5, 5.41) is 2.58. The average Bonchev–Trinajstić information content (AvgIpc) is 2.53. The molecule has 1 atom stereocenters. The van der Waals surface area contributed by atoms with E-state index in [2.05, 4.69) is 21.9 Å². The van der Waals surface area contributed by atoms with Gasteiger partial charge in [0.05, 0.1) is 28.0 Å². The van der Waals surface area contributed by atoms with Crippen molar-refractivity contribution in [2.45, 2.75) is 26.9 Å². The largest absolute Gasteiger partial charge is 0.449 e. The Hall–Kier alpha value is -2.76. The predicted octanol–water partition coefficient (Wildman–Crippen LogP) is 2.09. The first-order valence-electron chi connectivity index (χ1n) is 7.27. The van der Waals surface area contributed by atoms with Crippen LogP contribution in [0.15, 0.2) is 30.9 Å². The van der Waals surface area contributed by atoms with Crippen LogP contribution in [0.2, 0.25) is 0 Å². The van der Waals surface area contributed by atoms with Gasteiger partial charge in [-0.15, -0.1) is 6.58 Å². The average molecular weight is 313 g/mol. The molecule has 6 heteroatoms. The number of rotatable bonds is 5. The molecule has 0 aliphatic rings. The van der Waals surface area contributed by atoms with Crippen molar-refractivity contribution in [1.29, 1.82) is 0 Å². The third-order valence-corrected chi connectivity index (χ3v) is 3.38. The molecular formula is C17H19N3O3. The van der Waals surface area contributed by atoms with E-state index in [0.717, 1.165) is 11.4 Å². The highest BCUT2D eigenvalue weighted by atomic mass is 16.5. The van der Waals surface area contributed by atoms with Gasteiger partial charge in [-0.1, -0.05) is 6.08 Å². The number of nitrogens with one attached hydrogen (secondary N) is 1. The molecule has 0 aliphatic heterocycles. The molecule has 1 N–H and O–H groups in total. The third kappa shape index (κ3) is 3.91. The van der Waals surface area contributed by atoms with Crippen molar-refractivity contribution in [3.63, 3.8) is 0 Å². The van der Waals surface area contributed by atoms with Gasteiger partial charge in [-0.2, -0.15) is 0 Å². The highest BCUT2D eigenvalue weighted by molar-refractivity contribution is 5.95. The Bertz CT molecular complexity index is 771. The molecule has 120 valence electrons. The number of nitrogens with zero attached hydrogens (tertiary/aromatic N) is 2. The van der Waals surface area contributed by atoms with Gasteiger partial charge in [0.2, 0.25) is 0 Å². The quantitative estimate of drug-likeness (QED) is 0.675. The van der Waals surface area contributed by atoms with E-state index in [1.54, 1.807) is 24.3 Å². The van der Waals surface area contributed by atoms with Crippen molar-refractivity contribution in [1.82, 2.24) is 15.3 Å². The number of carbonyl (C=O) groups excluding carboxylic acids is 2. The zero-order chi connectivity index (χ0) is 17.0. The minimum atomic E-state index is -0.885.